The fourth-order valence-electron chi connectivity index (χ4n) is 2.44. The molecule has 1 aliphatic heterocycles. The first kappa shape index (κ1) is 11.2. The highest BCUT2D eigenvalue weighted by Crippen LogP contribution is 2.31. The second kappa shape index (κ2) is 4.78. The standard InChI is InChI=1S/C13H18N2OS/c16-13(10-5-6-14-8-10)15(11-3-4-11)9-12-2-1-7-17-12/h1-2,7,10-11,14H,3-6,8-9H2. The van der Waals surface area contributed by atoms with Crippen molar-refractivity contribution in [3.05, 3.63) is 22.4 Å². The average Bonchev–Trinajstić information content (AvgIpc) is 2.86. The summed E-state index contributed by atoms with van der Waals surface area (Å²) in [7, 11) is 0. The van der Waals surface area contributed by atoms with Crippen LogP contribution in [-0.4, -0.2) is 29.9 Å². The summed E-state index contributed by atoms with van der Waals surface area (Å²) in [4.78, 5) is 15.9. The maximum atomic E-state index is 12.4. The van der Waals surface area contributed by atoms with Crippen LogP contribution in [0, 0.1) is 5.92 Å². The quantitative estimate of drug-likeness (QED) is 0.884. The van der Waals surface area contributed by atoms with Crippen molar-refractivity contribution in [2.45, 2.75) is 31.8 Å². The number of nitrogens with zero attached hydrogens (tertiary/aromatic N) is 1. The van der Waals surface area contributed by atoms with Gasteiger partial charge in [0.1, 0.15) is 0 Å². The molecule has 2 aliphatic rings. The van der Waals surface area contributed by atoms with Gasteiger partial charge in [-0.15, -0.1) is 11.3 Å². The van der Waals surface area contributed by atoms with Gasteiger partial charge in [-0.3, -0.25) is 4.79 Å². The van der Waals surface area contributed by atoms with Crippen molar-refractivity contribution in [1.82, 2.24) is 10.2 Å². The van der Waals surface area contributed by atoms with Crippen molar-refractivity contribution >= 4 is 17.2 Å². The van der Waals surface area contributed by atoms with Crippen molar-refractivity contribution in [2.75, 3.05) is 13.1 Å². The van der Waals surface area contributed by atoms with Crippen LogP contribution in [0.25, 0.3) is 0 Å². The summed E-state index contributed by atoms with van der Waals surface area (Å²) in [6, 6.07) is 4.71. The predicted molar refractivity (Wildman–Crippen MR) is 68.9 cm³/mol. The molecule has 1 aromatic rings. The van der Waals surface area contributed by atoms with E-state index in [1.807, 2.05) is 0 Å². The number of hydrogen-bond donors (Lipinski definition) is 1. The monoisotopic (exact) mass is 250 g/mol. The molecule has 1 aliphatic carbocycles. The van der Waals surface area contributed by atoms with E-state index in [0.717, 1.165) is 26.1 Å². The van der Waals surface area contributed by atoms with E-state index in [4.69, 9.17) is 0 Å². The molecule has 1 amide bonds. The van der Waals surface area contributed by atoms with Crippen LogP contribution in [0.15, 0.2) is 17.5 Å². The molecule has 4 heteroatoms. The van der Waals surface area contributed by atoms with Crippen molar-refractivity contribution in [1.29, 1.82) is 0 Å². The first-order chi connectivity index (χ1) is 8.34. The fourth-order valence-corrected chi connectivity index (χ4v) is 3.15. The lowest BCUT2D eigenvalue weighted by molar-refractivity contribution is -0.136. The fraction of sp³-hybridized carbons (Fsp3) is 0.615. The Hall–Kier alpha value is -0.870. The second-order valence-corrected chi connectivity index (χ2v) is 6.00. The molecule has 1 aromatic heterocycles. The van der Waals surface area contributed by atoms with Crippen molar-refractivity contribution < 1.29 is 4.79 Å². The van der Waals surface area contributed by atoms with E-state index < -0.39 is 0 Å². The highest BCUT2D eigenvalue weighted by atomic mass is 32.1. The molecular formula is C13H18N2OS. The van der Waals surface area contributed by atoms with Crippen LogP contribution in [-0.2, 0) is 11.3 Å². The molecule has 1 atom stereocenters. The predicted octanol–water partition coefficient (Wildman–Crippen LogP) is 1.85. The number of thiophene rings is 1. The molecule has 0 spiro atoms. The van der Waals surface area contributed by atoms with Gasteiger partial charge in [-0.2, -0.15) is 0 Å². The lowest BCUT2D eigenvalue weighted by atomic mass is 10.1. The Morgan fingerprint density at radius 2 is 2.35 bits per heavy atom. The lowest BCUT2D eigenvalue weighted by Gasteiger charge is -2.24. The number of nitrogens with one attached hydrogen (secondary N) is 1. The molecule has 1 unspecified atom stereocenters. The van der Waals surface area contributed by atoms with Gasteiger partial charge < -0.3 is 10.2 Å². The third-order valence-electron chi connectivity index (χ3n) is 3.59. The molecule has 1 saturated carbocycles. The summed E-state index contributed by atoms with van der Waals surface area (Å²) in [5.74, 6) is 0.585. The van der Waals surface area contributed by atoms with E-state index in [-0.39, 0.29) is 5.92 Å². The molecule has 17 heavy (non-hydrogen) atoms. The highest BCUT2D eigenvalue weighted by molar-refractivity contribution is 7.09. The highest BCUT2D eigenvalue weighted by Gasteiger charge is 2.36. The van der Waals surface area contributed by atoms with Gasteiger partial charge in [0.2, 0.25) is 5.91 Å². The van der Waals surface area contributed by atoms with E-state index in [1.54, 1.807) is 11.3 Å². The molecule has 1 N–H and O–H groups in total. The van der Waals surface area contributed by atoms with Gasteiger partial charge in [0.05, 0.1) is 12.5 Å². The first-order valence-electron chi connectivity index (χ1n) is 6.38. The summed E-state index contributed by atoms with van der Waals surface area (Å²) in [5.41, 5.74) is 0. The minimum Gasteiger partial charge on any atom is -0.334 e. The Kier molecular flexibility index (Phi) is 3.16. The van der Waals surface area contributed by atoms with Gasteiger partial charge >= 0.3 is 0 Å². The Morgan fingerprint density at radius 3 is 2.94 bits per heavy atom. The van der Waals surface area contributed by atoms with Crippen LogP contribution >= 0.6 is 11.3 Å². The van der Waals surface area contributed by atoms with Crippen LogP contribution in [0.1, 0.15) is 24.1 Å². The van der Waals surface area contributed by atoms with Gasteiger partial charge in [-0.1, -0.05) is 6.07 Å². The topological polar surface area (TPSA) is 32.3 Å². The summed E-state index contributed by atoms with van der Waals surface area (Å²) in [5, 5.41) is 5.37. The third kappa shape index (κ3) is 2.53. The Balaban J connectivity index is 1.68. The molecule has 3 nitrogen and oxygen atoms in total. The number of carbonyl (C=O) groups excluding carboxylic acids is 1. The van der Waals surface area contributed by atoms with Crippen LogP contribution in [0.2, 0.25) is 0 Å². The van der Waals surface area contributed by atoms with Gasteiger partial charge in [-0.25, -0.2) is 0 Å². The maximum Gasteiger partial charge on any atom is 0.227 e. The van der Waals surface area contributed by atoms with Gasteiger partial charge in [0.15, 0.2) is 0 Å². The number of amides is 1. The molecule has 0 radical (unpaired) electrons. The molecule has 3 rings (SSSR count). The third-order valence-corrected chi connectivity index (χ3v) is 4.45. The number of carbonyl (C=O) groups is 1. The zero-order valence-electron chi connectivity index (χ0n) is 9.89. The summed E-state index contributed by atoms with van der Waals surface area (Å²) in [6.45, 7) is 2.68. The van der Waals surface area contributed by atoms with E-state index in [9.17, 15) is 4.79 Å². The first-order valence-corrected chi connectivity index (χ1v) is 7.26. The summed E-state index contributed by atoms with van der Waals surface area (Å²) in [6.07, 6.45) is 3.39. The van der Waals surface area contributed by atoms with Crippen molar-refractivity contribution in [3.8, 4) is 0 Å². The SMILES string of the molecule is O=C(C1CCNC1)N(Cc1cccs1)C1CC1. The normalized spacial score (nSPS) is 23.9. The van der Waals surface area contributed by atoms with Crippen LogP contribution in [0.4, 0.5) is 0 Å². The minimum atomic E-state index is 0.218. The molecular weight excluding hydrogens is 232 g/mol. The van der Waals surface area contributed by atoms with Crippen LogP contribution in [0.3, 0.4) is 0 Å². The van der Waals surface area contributed by atoms with Crippen molar-refractivity contribution in [2.24, 2.45) is 5.92 Å². The Labute approximate surface area is 106 Å². The van der Waals surface area contributed by atoms with Gasteiger partial charge in [-0.05, 0) is 37.3 Å². The van der Waals surface area contributed by atoms with Gasteiger partial charge in [0.25, 0.3) is 0 Å². The van der Waals surface area contributed by atoms with E-state index >= 15 is 0 Å². The second-order valence-electron chi connectivity index (χ2n) is 4.97. The lowest BCUT2D eigenvalue weighted by Crippen LogP contribution is -2.38. The number of rotatable bonds is 4. The summed E-state index contributed by atoms with van der Waals surface area (Å²) < 4.78 is 0. The molecule has 0 aromatic carbocycles. The molecule has 1 saturated heterocycles. The molecule has 2 heterocycles. The van der Waals surface area contributed by atoms with E-state index in [2.05, 4.69) is 27.7 Å². The largest absolute Gasteiger partial charge is 0.334 e. The zero-order chi connectivity index (χ0) is 11.7. The average molecular weight is 250 g/mol. The minimum absolute atomic E-state index is 0.218. The Bertz CT molecular complexity index is 380. The molecule has 92 valence electrons. The van der Waals surface area contributed by atoms with Gasteiger partial charge in [0, 0.05) is 17.5 Å². The molecule has 2 fully saturated rings. The summed E-state index contributed by atoms with van der Waals surface area (Å²) >= 11 is 1.75. The molecule has 0 bridgehead atoms. The zero-order valence-corrected chi connectivity index (χ0v) is 10.7. The van der Waals surface area contributed by atoms with E-state index in [1.165, 1.54) is 17.7 Å². The Morgan fingerprint density at radius 1 is 1.47 bits per heavy atom. The van der Waals surface area contributed by atoms with Crippen LogP contribution in [0.5, 0.6) is 0 Å². The van der Waals surface area contributed by atoms with Crippen molar-refractivity contribution in [3.63, 3.8) is 0 Å². The smallest absolute Gasteiger partial charge is 0.227 e. The van der Waals surface area contributed by atoms with Crippen LogP contribution < -0.4 is 5.32 Å². The maximum absolute atomic E-state index is 12.4. The number of hydrogen-bond acceptors (Lipinski definition) is 3. The van der Waals surface area contributed by atoms with E-state index in [0.29, 0.717) is 11.9 Å².